The average molecular weight is 241 g/mol. The number of carbonyl (C=O) groups is 1. The van der Waals surface area contributed by atoms with Crippen LogP contribution in [0.5, 0.6) is 0 Å². The molecule has 1 amide bonds. The summed E-state index contributed by atoms with van der Waals surface area (Å²) in [5.74, 6) is -0.210. The van der Waals surface area contributed by atoms with E-state index < -0.39 is 5.54 Å². The topological polar surface area (TPSA) is 67.6 Å². The van der Waals surface area contributed by atoms with E-state index in [9.17, 15) is 4.79 Å². The molecule has 5 nitrogen and oxygen atoms in total. The van der Waals surface area contributed by atoms with Crippen molar-refractivity contribution >= 4 is 5.91 Å². The summed E-state index contributed by atoms with van der Waals surface area (Å²) in [5.41, 5.74) is 5.06. The number of primary amides is 1. The van der Waals surface area contributed by atoms with Crippen LogP contribution in [0.3, 0.4) is 0 Å². The van der Waals surface area contributed by atoms with E-state index in [0.29, 0.717) is 6.04 Å². The van der Waals surface area contributed by atoms with Gasteiger partial charge in [0.2, 0.25) is 5.91 Å². The highest BCUT2D eigenvalue weighted by molar-refractivity contribution is 5.84. The Morgan fingerprint density at radius 3 is 2.76 bits per heavy atom. The Balaban J connectivity index is 2.02. The minimum Gasteiger partial charge on any atom is -0.379 e. The van der Waals surface area contributed by atoms with E-state index in [0.717, 1.165) is 52.0 Å². The Labute approximate surface area is 103 Å². The molecule has 1 aliphatic carbocycles. The van der Waals surface area contributed by atoms with Crippen molar-refractivity contribution in [1.82, 2.24) is 10.2 Å². The molecule has 2 unspecified atom stereocenters. The first-order chi connectivity index (χ1) is 8.18. The third-order valence-electron chi connectivity index (χ3n) is 4.24. The molecule has 0 aromatic carbocycles. The number of likely N-dealkylation sites (N-methyl/N-ethyl adjacent to an activating group) is 1. The summed E-state index contributed by atoms with van der Waals surface area (Å²) in [5, 5.41) is 3.15. The average Bonchev–Trinajstić information content (AvgIpc) is 2.39. The van der Waals surface area contributed by atoms with Gasteiger partial charge in [0.25, 0.3) is 0 Å². The maximum atomic E-state index is 11.7. The Kier molecular flexibility index (Phi) is 4.01. The lowest BCUT2D eigenvalue weighted by Gasteiger charge is -2.44. The largest absolute Gasteiger partial charge is 0.379 e. The van der Waals surface area contributed by atoms with Gasteiger partial charge < -0.3 is 15.8 Å². The highest BCUT2D eigenvalue weighted by atomic mass is 16.5. The summed E-state index contributed by atoms with van der Waals surface area (Å²) in [7, 11) is 1.84. The van der Waals surface area contributed by atoms with E-state index in [-0.39, 0.29) is 5.91 Å². The Morgan fingerprint density at radius 1 is 1.47 bits per heavy atom. The molecule has 1 aliphatic heterocycles. The van der Waals surface area contributed by atoms with E-state index in [2.05, 4.69) is 10.2 Å². The Bertz CT molecular complexity index is 279. The first-order valence-electron chi connectivity index (χ1n) is 6.48. The van der Waals surface area contributed by atoms with Gasteiger partial charge in [-0.2, -0.15) is 0 Å². The number of hydrogen-bond acceptors (Lipinski definition) is 4. The van der Waals surface area contributed by atoms with Crippen molar-refractivity contribution in [3.8, 4) is 0 Å². The first kappa shape index (κ1) is 12.8. The van der Waals surface area contributed by atoms with Crippen LogP contribution in [0.4, 0.5) is 0 Å². The van der Waals surface area contributed by atoms with Crippen LogP contribution in [0, 0.1) is 0 Å². The van der Waals surface area contributed by atoms with Gasteiger partial charge in [-0.25, -0.2) is 0 Å². The number of rotatable bonds is 3. The van der Waals surface area contributed by atoms with Crippen LogP contribution < -0.4 is 11.1 Å². The molecule has 0 aromatic heterocycles. The summed E-state index contributed by atoms with van der Waals surface area (Å²) < 4.78 is 5.37. The summed E-state index contributed by atoms with van der Waals surface area (Å²) in [4.78, 5) is 14.1. The van der Waals surface area contributed by atoms with Crippen LogP contribution in [0.25, 0.3) is 0 Å². The van der Waals surface area contributed by atoms with Crippen molar-refractivity contribution < 1.29 is 9.53 Å². The summed E-state index contributed by atoms with van der Waals surface area (Å²) in [6, 6.07) is 0.465. The van der Waals surface area contributed by atoms with Crippen LogP contribution in [0.1, 0.15) is 25.7 Å². The van der Waals surface area contributed by atoms with E-state index in [1.807, 2.05) is 7.05 Å². The quantitative estimate of drug-likeness (QED) is 0.712. The smallest absolute Gasteiger partial charge is 0.237 e. The fourth-order valence-electron chi connectivity index (χ4n) is 3.07. The van der Waals surface area contributed by atoms with Crippen LogP contribution in [0.2, 0.25) is 0 Å². The van der Waals surface area contributed by atoms with Gasteiger partial charge in [-0.3, -0.25) is 9.69 Å². The molecular formula is C12H23N3O2. The Morgan fingerprint density at radius 2 is 2.18 bits per heavy atom. The van der Waals surface area contributed by atoms with Crippen molar-refractivity contribution in [1.29, 1.82) is 0 Å². The lowest BCUT2D eigenvalue weighted by Crippen LogP contribution is -2.60. The molecule has 0 radical (unpaired) electrons. The molecule has 1 saturated carbocycles. The molecule has 1 heterocycles. The second kappa shape index (κ2) is 5.33. The highest BCUT2D eigenvalue weighted by Gasteiger charge is 2.41. The molecule has 98 valence electrons. The zero-order valence-corrected chi connectivity index (χ0v) is 10.6. The number of amides is 1. The van der Waals surface area contributed by atoms with Gasteiger partial charge in [0.15, 0.2) is 0 Å². The van der Waals surface area contributed by atoms with Crippen LogP contribution in [-0.4, -0.2) is 55.7 Å². The molecule has 2 rings (SSSR count). The maximum absolute atomic E-state index is 11.7. The van der Waals surface area contributed by atoms with Gasteiger partial charge in [0.05, 0.1) is 18.8 Å². The third-order valence-corrected chi connectivity index (χ3v) is 4.24. The molecule has 2 aliphatic rings. The molecule has 0 spiro atoms. The molecule has 0 bridgehead atoms. The minimum atomic E-state index is -0.499. The maximum Gasteiger partial charge on any atom is 0.237 e. The van der Waals surface area contributed by atoms with Crippen LogP contribution >= 0.6 is 0 Å². The van der Waals surface area contributed by atoms with Gasteiger partial charge in [-0.1, -0.05) is 0 Å². The fourth-order valence-corrected chi connectivity index (χ4v) is 3.07. The molecule has 17 heavy (non-hydrogen) atoms. The second-order valence-corrected chi connectivity index (χ2v) is 5.09. The van der Waals surface area contributed by atoms with Crippen molar-refractivity contribution in [2.45, 2.75) is 37.3 Å². The number of nitrogens with one attached hydrogen (secondary N) is 1. The predicted octanol–water partition coefficient (Wildman–Crippen LogP) is -0.295. The lowest BCUT2D eigenvalue weighted by atomic mass is 9.78. The van der Waals surface area contributed by atoms with E-state index >= 15 is 0 Å². The highest BCUT2D eigenvalue weighted by Crippen LogP contribution is 2.31. The number of nitrogens with two attached hydrogens (primary N) is 1. The predicted molar refractivity (Wildman–Crippen MR) is 65.6 cm³/mol. The van der Waals surface area contributed by atoms with E-state index in [1.165, 1.54) is 0 Å². The molecule has 3 N–H and O–H groups in total. The number of hydrogen-bond donors (Lipinski definition) is 2. The standard InChI is InChI=1S/C12H23N3O2/c1-14-12(11(13)16)4-2-3-10(9-12)15-5-7-17-8-6-15/h10,14H,2-9H2,1H3,(H2,13,16). The molecular weight excluding hydrogens is 218 g/mol. The van der Waals surface area contributed by atoms with E-state index in [4.69, 9.17) is 10.5 Å². The van der Waals surface area contributed by atoms with Gasteiger partial charge in [0.1, 0.15) is 0 Å². The molecule has 0 aromatic rings. The zero-order valence-electron chi connectivity index (χ0n) is 10.6. The second-order valence-electron chi connectivity index (χ2n) is 5.09. The monoisotopic (exact) mass is 241 g/mol. The van der Waals surface area contributed by atoms with Crippen LogP contribution in [0.15, 0.2) is 0 Å². The number of ether oxygens (including phenoxy) is 1. The lowest BCUT2D eigenvalue weighted by molar-refractivity contribution is -0.126. The van der Waals surface area contributed by atoms with E-state index in [1.54, 1.807) is 0 Å². The number of carbonyl (C=O) groups excluding carboxylic acids is 1. The fraction of sp³-hybridized carbons (Fsp3) is 0.917. The molecule has 5 heteroatoms. The molecule has 2 atom stereocenters. The number of nitrogens with zero attached hydrogens (tertiary/aromatic N) is 1. The SMILES string of the molecule is CNC1(C(N)=O)CCCC(N2CCOCC2)C1. The molecule has 2 fully saturated rings. The minimum absolute atomic E-state index is 0.210. The molecule has 1 saturated heterocycles. The van der Waals surface area contributed by atoms with Crippen molar-refractivity contribution in [3.05, 3.63) is 0 Å². The third kappa shape index (κ3) is 2.61. The van der Waals surface area contributed by atoms with Crippen molar-refractivity contribution in [2.75, 3.05) is 33.4 Å². The van der Waals surface area contributed by atoms with Gasteiger partial charge in [-0.15, -0.1) is 0 Å². The van der Waals surface area contributed by atoms with Gasteiger partial charge in [-0.05, 0) is 32.7 Å². The normalized spacial score (nSPS) is 35.7. The van der Waals surface area contributed by atoms with Gasteiger partial charge >= 0.3 is 0 Å². The summed E-state index contributed by atoms with van der Waals surface area (Å²) >= 11 is 0. The van der Waals surface area contributed by atoms with Gasteiger partial charge in [0, 0.05) is 19.1 Å². The van der Waals surface area contributed by atoms with Crippen molar-refractivity contribution in [2.24, 2.45) is 5.73 Å². The van der Waals surface area contributed by atoms with Crippen LogP contribution in [-0.2, 0) is 9.53 Å². The number of morpholine rings is 1. The summed E-state index contributed by atoms with van der Waals surface area (Å²) in [6.45, 7) is 3.56. The first-order valence-corrected chi connectivity index (χ1v) is 6.48. The summed E-state index contributed by atoms with van der Waals surface area (Å²) in [6.07, 6.45) is 3.92. The zero-order chi connectivity index (χ0) is 12.3. The Hall–Kier alpha value is -0.650. The van der Waals surface area contributed by atoms with Crippen molar-refractivity contribution in [3.63, 3.8) is 0 Å².